The van der Waals surface area contributed by atoms with Gasteiger partial charge >= 0.3 is 5.69 Å². The molecule has 0 bridgehead atoms. The lowest BCUT2D eigenvalue weighted by molar-refractivity contribution is 0.412. The highest BCUT2D eigenvalue weighted by Crippen LogP contribution is 2.29. The zero-order chi connectivity index (χ0) is 17.4. The maximum atomic E-state index is 12.7. The number of ether oxygens (including phenoxy) is 1. The molecule has 0 unspecified atom stereocenters. The molecule has 25 heavy (non-hydrogen) atoms. The summed E-state index contributed by atoms with van der Waals surface area (Å²) in [5, 5.41) is 4.29. The molecule has 0 radical (unpaired) electrons. The van der Waals surface area contributed by atoms with Crippen molar-refractivity contribution in [3.8, 4) is 22.8 Å². The largest absolute Gasteiger partial charge is 0.496 e. The van der Waals surface area contributed by atoms with Crippen LogP contribution < -0.4 is 10.4 Å². The summed E-state index contributed by atoms with van der Waals surface area (Å²) in [5.74, 6) is 1.05. The predicted octanol–water partition coefficient (Wildman–Crippen LogP) is 2.26. The normalized spacial score (nSPS) is 11.0. The van der Waals surface area contributed by atoms with Gasteiger partial charge < -0.3 is 4.74 Å². The van der Waals surface area contributed by atoms with E-state index in [0.717, 1.165) is 22.4 Å². The van der Waals surface area contributed by atoms with Gasteiger partial charge in [-0.05, 0) is 47.9 Å². The van der Waals surface area contributed by atoms with Crippen molar-refractivity contribution < 1.29 is 4.74 Å². The lowest BCUT2D eigenvalue weighted by Crippen LogP contribution is -2.21. The number of pyridine rings is 1. The first kappa shape index (κ1) is 15.1. The minimum absolute atomic E-state index is 0.246. The Morgan fingerprint density at radius 1 is 1.04 bits per heavy atom. The van der Waals surface area contributed by atoms with E-state index in [0.29, 0.717) is 5.65 Å². The molecule has 0 spiro atoms. The van der Waals surface area contributed by atoms with Crippen molar-refractivity contribution in [2.75, 3.05) is 7.11 Å². The van der Waals surface area contributed by atoms with E-state index in [-0.39, 0.29) is 11.6 Å². The highest BCUT2D eigenvalue weighted by molar-refractivity contribution is 5.70. The monoisotopic (exact) mass is 333 g/mol. The molecule has 4 rings (SSSR count). The van der Waals surface area contributed by atoms with Gasteiger partial charge in [-0.3, -0.25) is 0 Å². The lowest BCUT2D eigenvalue weighted by Gasteiger charge is -2.10. The maximum absolute atomic E-state index is 12.7. The Hall–Kier alpha value is -3.48. The van der Waals surface area contributed by atoms with Gasteiger partial charge in [0.2, 0.25) is 0 Å². The third kappa shape index (κ3) is 2.46. The minimum atomic E-state index is -0.316. The molecule has 0 saturated heterocycles. The van der Waals surface area contributed by atoms with E-state index in [1.165, 1.54) is 9.08 Å². The zero-order valence-corrected chi connectivity index (χ0v) is 13.7. The second-order valence-corrected chi connectivity index (χ2v) is 5.52. The molecule has 3 aromatic heterocycles. The summed E-state index contributed by atoms with van der Waals surface area (Å²) in [6, 6.07) is 11.3. The Morgan fingerprint density at radius 3 is 2.60 bits per heavy atom. The van der Waals surface area contributed by atoms with Crippen LogP contribution in [0, 0.1) is 6.92 Å². The van der Waals surface area contributed by atoms with Crippen molar-refractivity contribution in [1.29, 1.82) is 0 Å². The molecule has 0 amide bonds. The van der Waals surface area contributed by atoms with Crippen molar-refractivity contribution >= 4 is 5.65 Å². The molecule has 0 aliphatic heterocycles. The second kappa shape index (κ2) is 5.86. The van der Waals surface area contributed by atoms with Crippen molar-refractivity contribution in [3.63, 3.8) is 0 Å². The SMILES string of the molecule is COc1cccc(-c2ccc3nn(-c4ncccn4)c(=O)n3c2)c1C. The Bertz CT molecular complexity index is 1120. The van der Waals surface area contributed by atoms with Gasteiger partial charge in [0.05, 0.1) is 7.11 Å². The number of methoxy groups -OCH3 is 1. The van der Waals surface area contributed by atoms with Crippen molar-refractivity contribution in [3.05, 3.63) is 71.0 Å². The first-order chi connectivity index (χ1) is 12.2. The highest BCUT2D eigenvalue weighted by Gasteiger charge is 2.13. The van der Waals surface area contributed by atoms with E-state index in [4.69, 9.17) is 4.74 Å². The third-order valence-electron chi connectivity index (χ3n) is 4.07. The third-order valence-corrected chi connectivity index (χ3v) is 4.07. The smallest absolute Gasteiger partial charge is 0.357 e. The van der Waals surface area contributed by atoms with Crippen LogP contribution in [0.15, 0.2) is 59.8 Å². The molecule has 0 aliphatic carbocycles. The van der Waals surface area contributed by atoms with Gasteiger partial charge in [0, 0.05) is 18.6 Å². The van der Waals surface area contributed by atoms with Crippen molar-refractivity contribution in [2.45, 2.75) is 6.92 Å². The van der Waals surface area contributed by atoms with Gasteiger partial charge in [-0.2, -0.15) is 0 Å². The summed E-state index contributed by atoms with van der Waals surface area (Å²) >= 11 is 0. The van der Waals surface area contributed by atoms with E-state index < -0.39 is 0 Å². The van der Waals surface area contributed by atoms with Crippen LogP contribution in [0.3, 0.4) is 0 Å². The predicted molar refractivity (Wildman–Crippen MR) is 93.1 cm³/mol. The summed E-state index contributed by atoms with van der Waals surface area (Å²) in [5.41, 5.74) is 3.12. The van der Waals surface area contributed by atoms with E-state index in [1.807, 2.05) is 31.2 Å². The lowest BCUT2D eigenvalue weighted by atomic mass is 10.0. The highest BCUT2D eigenvalue weighted by atomic mass is 16.5. The summed E-state index contributed by atoms with van der Waals surface area (Å²) in [7, 11) is 1.64. The topological polar surface area (TPSA) is 74.3 Å². The number of hydrogen-bond donors (Lipinski definition) is 0. The Labute approximate surface area is 143 Å². The van der Waals surface area contributed by atoms with Crippen LogP contribution in [0.4, 0.5) is 0 Å². The fraction of sp³-hybridized carbons (Fsp3) is 0.111. The van der Waals surface area contributed by atoms with Gasteiger partial charge in [0.25, 0.3) is 5.95 Å². The quantitative estimate of drug-likeness (QED) is 0.575. The maximum Gasteiger partial charge on any atom is 0.357 e. The van der Waals surface area contributed by atoms with Gasteiger partial charge in [-0.1, -0.05) is 12.1 Å². The summed E-state index contributed by atoms with van der Waals surface area (Å²) in [6.07, 6.45) is 4.92. The second-order valence-electron chi connectivity index (χ2n) is 5.52. The minimum Gasteiger partial charge on any atom is -0.496 e. The van der Waals surface area contributed by atoms with Gasteiger partial charge in [0.15, 0.2) is 5.65 Å². The van der Waals surface area contributed by atoms with Gasteiger partial charge in [-0.15, -0.1) is 9.78 Å². The molecule has 0 saturated carbocycles. The molecule has 3 heterocycles. The van der Waals surface area contributed by atoms with Crippen LogP contribution in [0.2, 0.25) is 0 Å². The molecular formula is C18H15N5O2. The molecule has 1 aromatic carbocycles. The summed E-state index contributed by atoms with van der Waals surface area (Å²) < 4.78 is 8.06. The molecule has 0 aliphatic rings. The number of fused-ring (bicyclic) bond motifs is 1. The van der Waals surface area contributed by atoms with Crippen LogP contribution >= 0.6 is 0 Å². The average Bonchev–Trinajstić information content (AvgIpc) is 2.99. The van der Waals surface area contributed by atoms with Crippen molar-refractivity contribution in [2.24, 2.45) is 0 Å². The van der Waals surface area contributed by atoms with E-state index in [9.17, 15) is 4.79 Å². The zero-order valence-electron chi connectivity index (χ0n) is 13.7. The van der Waals surface area contributed by atoms with Crippen molar-refractivity contribution in [1.82, 2.24) is 24.1 Å². The van der Waals surface area contributed by atoms with Crippen LogP contribution in [-0.4, -0.2) is 31.3 Å². The molecule has 0 fully saturated rings. The Balaban J connectivity index is 1.90. The molecule has 7 nitrogen and oxygen atoms in total. The number of nitrogens with zero attached hydrogens (tertiary/aromatic N) is 5. The summed E-state index contributed by atoms with van der Waals surface area (Å²) in [6.45, 7) is 1.99. The summed E-state index contributed by atoms with van der Waals surface area (Å²) in [4.78, 5) is 20.8. The number of hydrogen-bond acceptors (Lipinski definition) is 5. The van der Waals surface area contributed by atoms with E-state index >= 15 is 0 Å². The molecular weight excluding hydrogens is 318 g/mol. The fourth-order valence-electron chi connectivity index (χ4n) is 2.81. The Morgan fingerprint density at radius 2 is 1.84 bits per heavy atom. The number of benzene rings is 1. The fourth-order valence-corrected chi connectivity index (χ4v) is 2.81. The van der Waals surface area contributed by atoms with E-state index in [2.05, 4.69) is 15.1 Å². The first-order valence-electron chi connectivity index (χ1n) is 7.72. The van der Waals surface area contributed by atoms with Crippen LogP contribution in [0.1, 0.15) is 5.56 Å². The average molecular weight is 333 g/mol. The van der Waals surface area contributed by atoms with Crippen LogP contribution in [0.5, 0.6) is 5.75 Å². The number of rotatable bonds is 3. The Kier molecular flexibility index (Phi) is 3.53. The standard InChI is InChI=1S/C18H15N5O2/c1-12-14(5-3-6-15(12)25-2)13-7-8-16-21-23(18(24)22(16)11-13)17-19-9-4-10-20-17/h3-11H,1-2H3. The number of aromatic nitrogens is 5. The molecule has 0 N–H and O–H groups in total. The molecule has 0 atom stereocenters. The van der Waals surface area contributed by atoms with Gasteiger partial charge in [0.1, 0.15) is 5.75 Å². The van der Waals surface area contributed by atoms with Crippen LogP contribution in [-0.2, 0) is 0 Å². The van der Waals surface area contributed by atoms with E-state index in [1.54, 1.807) is 37.8 Å². The van der Waals surface area contributed by atoms with Gasteiger partial charge in [-0.25, -0.2) is 19.2 Å². The molecule has 7 heteroatoms. The van der Waals surface area contributed by atoms with Crippen LogP contribution in [0.25, 0.3) is 22.7 Å². The molecule has 124 valence electrons. The molecule has 4 aromatic rings. The first-order valence-corrected chi connectivity index (χ1v) is 7.72.